The van der Waals surface area contributed by atoms with Gasteiger partial charge in [0.15, 0.2) is 0 Å². The lowest BCUT2D eigenvalue weighted by molar-refractivity contribution is 0.0987. The molecule has 0 saturated carbocycles. The summed E-state index contributed by atoms with van der Waals surface area (Å²) in [6.07, 6.45) is 3.06. The molecular weight excluding hydrogens is 490 g/mol. The molecule has 0 radical (unpaired) electrons. The second kappa shape index (κ2) is 11.4. The molecule has 4 aromatic rings. The number of aliphatic hydroxyl groups excluding tert-OH is 1. The molecule has 1 saturated heterocycles. The number of aromatic nitrogens is 1. The Kier molecular flexibility index (Phi) is 7.65. The molecule has 3 aromatic carbocycles. The van der Waals surface area contributed by atoms with Gasteiger partial charge in [0.05, 0.1) is 6.10 Å². The van der Waals surface area contributed by atoms with Gasteiger partial charge in [-0.2, -0.15) is 0 Å². The number of hydrogen-bond acceptors (Lipinski definition) is 5. The van der Waals surface area contributed by atoms with Crippen LogP contribution in [0.2, 0.25) is 0 Å². The number of aliphatic hydroxyl groups is 1. The first kappa shape index (κ1) is 26.1. The molecule has 8 heteroatoms. The van der Waals surface area contributed by atoms with Gasteiger partial charge in [0, 0.05) is 60.3 Å². The monoisotopic (exact) mass is 523 g/mol. The van der Waals surface area contributed by atoms with Gasteiger partial charge in [0.1, 0.15) is 5.69 Å². The second-order valence-corrected chi connectivity index (χ2v) is 9.87. The van der Waals surface area contributed by atoms with Crippen molar-refractivity contribution in [3.05, 3.63) is 102 Å². The van der Waals surface area contributed by atoms with Gasteiger partial charge < -0.3 is 30.5 Å². The molecule has 1 fully saturated rings. The summed E-state index contributed by atoms with van der Waals surface area (Å²) in [5, 5.41) is 16.1. The quantitative estimate of drug-likeness (QED) is 0.254. The van der Waals surface area contributed by atoms with Gasteiger partial charge in [-0.05, 0) is 104 Å². The fourth-order valence-electron chi connectivity index (χ4n) is 4.72. The molecule has 2 heterocycles. The van der Waals surface area contributed by atoms with E-state index >= 15 is 0 Å². The van der Waals surface area contributed by atoms with Gasteiger partial charge in [-0.3, -0.25) is 9.59 Å². The molecule has 0 bridgehead atoms. The number of H-pyrrole nitrogens is 1. The molecule has 5 rings (SSSR count). The highest BCUT2D eigenvalue weighted by molar-refractivity contribution is 6.05. The van der Waals surface area contributed by atoms with Crippen molar-refractivity contribution in [1.29, 1.82) is 0 Å². The molecule has 0 aliphatic carbocycles. The number of anilines is 5. The molecule has 200 valence electrons. The van der Waals surface area contributed by atoms with Crippen molar-refractivity contribution in [1.82, 2.24) is 4.98 Å². The van der Waals surface area contributed by atoms with E-state index in [1.807, 2.05) is 73.7 Å². The second-order valence-electron chi connectivity index (χ2n) is 9.87. The van der Waals surface area contributed by atoms with Crippen LogP contribution in [-0.2, 0) is 0 Å². The number of hydrogen-bond donors (Lipinski definition) is 4. The highest BCUT2D eigenvalue weighted by Crippen LogP contribution is 2.26. The third-order valence-electron chi connectivity index (χ3n) is 7.11. The molecule has 0 unspecified atom stereocenters. The van der Waals surface area contributed by atoms with Gasteiger partial charge >= 0.3 is 0 Å². The van der Waals surface area contributed by atoms with Crippen LogP contribution in [0, 0.1) is 6.92 Å². The third-order valence-corrected chi connectivity index (χ3v) is 7.11. The van der Waals surface area contributed by atoms with Crippen molar-refractivity contribution in [2.24, 2.45) is 0 Å². The van der Waals surface area contributed by atoms with E-state index < -0.39 is 0 Å². The van der Waals surface area contributed by atoms with Crippen molar-refractivity contribution >= 4 is 40.3 Å². The van der Waals surface area contributed by atoms with E-state index in [-0.39, 0.29) is 17.9 Å². The number of rotatable bonds is 7. The number of carbonyl (C=O) groups is 2. The van der Waals surface area contributed by atoms with Crippen LogP contribution in [0.1, 0.15) is 39.3 Å². The molecule has 0 spiro atoms. The van der Waals surface area contributed by atoms with Crippen LogP contribution in [0.4, 0.5) is 28.4 Å². The Labute approximate surface area is 228 Å². The SMILES string of the molecule is Cc1cc(NC(=O)c2ccc(N3CCC(O)CC3)cc2)ccc1Nc1ccc(N(C)C(=O)c2ccc[nH]2)cc1. The zero-order chi connectivity index (χ0) is 27.4. The van der Waals surface area contributed by atoms with Crippen LogP contribution in [0.3, 0.4) is 0 Å². The van der Waals surface area contributed by atoms with Crippen LogP contribution in [0.5, 0.6) is 0 Å². The Balaban J connectivity index is 1.18. The Hall–Kier alpha value is -4.56. The van der Waals surface area contributed by atoms with E-state index in [0.29, 0.717) is 11.3 Å². The van der Waals surface area contributed by atoms with E-state index in [0.717, 1.165) is 59.9 Å². The van der Waals surface area contributed by atoms with Crippen molar-refractivity contribution in [2.75, 3.05) is 40.6 Å². The van der Waals surface area contributed by atoms with Gasteiger partial charge in [-0.1, -0.05) is 0 Å². The number of aromatic amines is 1. The van der Waals surface area contributed by atoms with E-state index in [2.05, 4.69) is 20.5 Å². The summed E-state index contributed by atoms with van der Waals surface area (Å²) in [5.41, 5.74) is 6.51. The van der Waals surface area contributed by atoms with Crippen LogP contribution in [0.15, 0.2) is 85.1 Å². The smallest absolute Gasteiger partial charge is 0.274 e. The summed E-state index contributed by atoms with van der Waals surface area (Å²) in [4.78, 5) is 32.2. The summed E-state index contributed by atoms with van der Waals surface area (Å²) >= 11 is 0. The van der Waals surface area contributed by atoms with Crippen LogP contribution in [0.25, 0.3) is 0 Å². The molecule has 2 amide bonds. The Bertz CT molecular complexity index is 1420. The van der Waals surface area contributed by atoms with Crippen LogP contribution in [-0.4, -0.2) is 48.1 Å². The Morgan fingerprint density at radius 1 is 0.949 bits per heavy atom. The maximum atomic E-state index is 12.8. The normalized spacial score (nSPS) is 13.7. The molecule has 4 N–H and O–H groups in total. The maximum absolute atomic E-state index is 12.8. The number of carbonyl (C=O) groups excluding carboxylic acids is 2. The van der Waals surface area contributed by atoms with Gasteiger partial charge in [-0.25, -0.2) is 0 Å². The highest BCUT2D eigenvalue weighted by atomic mass is 16.3. The zero-order valence-corrected chi connectivity index (χ0v) is 22.1. The number of amides is 2. The summed E-state index contributed by atoms with van der Waals surface area (Å²) < 4.78 is 0. The number of benzene rings is 3. The van der Waals surface area contributed by atoms with Gasteiger partial charge in [0.25, 0.3) is 11.8 Å². The lowest BCUT2D eigenvalue weighted by atomic mass is 10.1. The van der Waals surface area contributed by atoms with Crippen LogP contribution < -0.4 is 20.4 Å². The van der Waals surface area contributed by atoms with E-state index in [9.17, 15) is 14.7 Å². The molecule has 1 aliphatic heterocycles. The largest absolute Gasteiger partial charge is 0.393 e. The summed E-state index contributed by atoms with van der Waals surface area (Å²) in [5.74, 6) is -0.266. The van der Waals surface area contributed by atoms with E-state index in [1.54, 1.807) is 30.3 Å². The van der Waals surface area contributed by atoms with Crippen molar-refractivity contribution < 1.29 is 14.7 Å². The lowest BCUT2D eigenvalue weighted by Crippen LogP contribution is -2.35. The highest BCUT2D eigenvalue weighted by Gasteiger charge is 2.18. The first-order valence-electron chi connectivity index (χ1n) is 13.1. The molecule has 1 aromatic heterocycles. The number of nitrogens with zero attached hydrogens (tertiary/aromatic N) is 2. The standard InChI is InChI=1S/C31H33N5O3/c1-21-20-24(34-30(38)22-5-10-26(11-6-22)36-18-15-27(37)16-19-36)9-14-28(21)33-23-7-12-25(13-8-23)35(2)31(39)29-4-3-17-32-29/h3-14,17,20,27,32-33,37H,15-16,18-19H2,1-2H3,(H,34,38). The summed E-state index contributed by atoms with van der Waals surface area (Å²) in [6, 6.07) is 24.6. The van der Waals surface area contributed by atoms with Gasteiger partial charge in [-0.15, -0.1) is 0 Å². The molecule has 1 aliphatic rings. The fraction of sp³-hybridized carbons (Fsp3) is 0.226. The average molecular weight is 524 g/mol. The lowest BCUT2D eigenvalue weighted by Gasteiger charge is -2.31. The zero-order valence-electron chi connectivity index (χ0n) is 22.1. The average Bonchev–Trinajstić information content (AvgIpc) is 3.50. The first-order chi connectivity index (χ1) is 18.9. The minimum Gasteiger partial charge on any atom is -0.393 e. The Morgan fingerprint density at radius 3 is 2.28 bits per heavy atom. The third kappa shape index (κ3) is 6.13. The number of piperidine rings is 1. The Morgan fingerprint density at radius 2 is 1.64 bits per heavy atom. The van der Waals surface area contributed by atoms with Crippen molar-refractivity contribution in [3.63, 3.8) is 0 Å². The van der Waals surface area contributed by atoms with Crippen molar-refractivity contribution in [2.45, 2.75) is 25.9 Å². The minimum absolute atomic E-state index is 0.104. The van der Waals surface area contributed by atoms with Crippen molar-refractivity contribution in [3.8, 4) is 0 Å². The topological polar surface area (TPSA) is 101 Å². The van der Waals surface area contributed by atoms with E-state index in [4.69, 9.17) is 0 Å². The maximum Gasteiger partial charge on any atom is 0.274 e. The molecule has 8 nitrogen and oxygen atoms in total. The van der Waals surface area contributed by atoms with E-state index in [1.165, 1.54) is 0 Å². The van der Waals surface area contributed by atoms with Crippen LogP contribution >= 0.6 is 0 Å². The predicted octanol–water partition coefficient (Wildman–Crippen LogP) is 5.56. The number of nitrogens with one attached hydrogen (secondary N) is 3. The van der Waals surface area contributed by atoms with Gasteiger partial charge in [0.2, 0.25) is 0 Å². The molecule has 39 heavy (non-hydrogen) atoms. The summed E-state index contributed by atoms with van der Waals surface area (Å²) in [6.45, 7) is 3.63. The number of aryl methyl sites for hydroxylation is 1. The molecule has 0 atom stereocenters. The first-order valence-corrected chi connectivity index (χ1v) is 13.1. The summed E-state index contributed by atoms with van der Waals surface area (Å²) in [7, 11) is 1.75. The molecular formula is C31H33N5O3. The fourth-order valence-corrected chi connectivity index (χ4v) is 4.72. The predicted molar refractivity (Wildman–Crippen MR) is 156 cm³/mol. The minimum atomic E-state index is -0.212.